The lowest BCUT2D eigenvalue weighted by atomic mass is 10.1. The summed E-state index contributed by atoms with van der Waals surface area (Å²) in [5.41, 5.74) is 1.90. The van der Waals surface area contributed by atoms with Crippen molar-refractivity contribution in [3.8, 4) is 6.07 Å². The first-order valence-electron chi connectivity index (χ1n) is 4.98. The van der Waals surface area contributed by atoms with Crippen molar-refractivity contribution in [1.82, 2.24) is 4.98 Å². The van der Waals surface area contributed by atoms with Crippen LogP contribution in [-0.4, -0.2) is 4.98 Å². The molecule has 2 aromatic rings. The number of nitrogens with zero attached hydrogens (tertiary/aromatic N) is 2. The summed E-state index contributed by atoms with van der Waals surface area (Å²) in [6, 6.07) is 7.35. The number of hydrogen-bond acceptors (Lipinski definition) is 3. The number of furan rings is 1. The van der Waals surface area contributed by atoms with Crippen LogP contribution in [-0.2, 0) is 0 Å². The van der Waals surface area contributed by atoms with Crippen molar-refractivity contribution in [3.63, 3.8) is 0 Å². The first-order chi connectivity index (χ1) is 8.24. The molecule has 0 fully saturated rings. The van der Waals surface area contributed by atoms with Crippen molar-refractivity contribution in [2.45, 2.75) is 6.92 Å². The maximum absolute atomic E-state index is 9.20. The summed E-state index contributed by atoms with van der Waals surface area (Å²) in [7, 11) is 0. The molecule has 84 valence electrons. The molecule has 0 aromatic carbocycles. The molecule has 0 N–H and O–H groups in total. The molecule has 0 unspecified atom stereocenters. The van der Waals surface area contributed by atoms with Gasteiger partial charge < -0.3 is 4.42 Å². The molecule has 2 heterocycles. The summed E-state index contributed by atoms with van der Waals surface area (Å²) in [5.74, 6) is 0.691. The average molecular weight is 245 g/mol. The Labute approximate surface area is 104 Å². The van der Waals surface area contributed by atoms with Crippen molar-refractivity contribution in [3.05, 3.63) is 53.7 Å². The van der Waals surface area contributed by atoms with Gasteiger partial charge in [-0.1, -0.05) is 11.6 Å². The van der Waals surface area contributed by atoms with Gasteiger partial charge in [0.2, 0.25) is 0 Å². The largest absolute Gasteiger partial charge is 0.469 e. The Hall–Kier alpha value is -2.05. The van der Waals surface area contributed by atoms with Crippen LogP contribution in [0.5, 0.6) is 0 Å². The SMILES string of the molecule is Cc1occc1/C(Cl)=C(/C#N)c1ccncc1. The molecule has 0 aliphatic heterocycles. The van der Waals surface area contributed by atoms with E-state index in [1.54, 1.807) is 43.8 Å². The lowest BCUT2D eigenvalue weighted by molar-refractivity contribution is 0.533. The van der Waals surface area contributed by atoms with E-state index in [0.717, 1.165) is 11.1 Å². The molecule has 0 saturated heterocycles. The van der Waals surface area contributed by atoms with Crippen LogP contribution < -0.4 is 0 Å². The number of hydrogen-bond donors (Lipinski definition) is 0. The third kappa shape index (κ3) is 2.22. The van der Waals surface area contributed by atoms with Crippen LogP contribution in [0.3, 0.4) is 0 Å². The molecule has 17 heavy (non-hydrogen) atoms. The highest BCUT2D eigenvalue weighted by molar-refractivity contribution is 6.53. The van der Waals surface area contributed by atoms with Gasteiger partial charge in [-0.3, -0.25) is 4.98 Å². The number of nitriles is 1. The monoisotopic (exact) mass is 244 g/mol. The summed E-state index contributed by atoms with van der Waals surface area (Å²) in [6.07, 6.45) is 4.80. The van der Waals surface area contributed by atoms with Gasteiger partial charge in [0.05, 0.1) is 16.9 Å². The van der Waals surface area contributed by atoms with Crippen LogP contribution in [0.2, 0.25) is 0 Å². The van der Waals surface area contributed by atoms with Crippen molar-refractivity contribution < 1.29 is 4.42 Å². The van der Waals surface area contributed by atoms with Crippen LogP contribution >= 0.6 is 11.6 Å². The van der Waals surface area contributed by atoms with E-state index < -0.39 is 0 Å². The standard InChI is InChI=1S/C13H9ClN2O/c1-9-11(4-7-17-9)13(14)12(8-15)10-2-5-16-6-3-10/h2-7H,1H3/b13-12+. The van der Waals surface area contributed by atoms with Crippen molar-refractivity contribution >= 4 is 22.2 Å². The molecule has 0 aliphatic rings. The highest BCUT2D eigenvalue weighted by Crippen LogP contribution is 2.31. The zero-order chi connectivity index (χ0) is 12.3. The molecule has 0 aliphatic carbocycles. The lowest BCUT2D eigenvalue weighted by Crippen LogP contribution is -1.86. The highest BCUT2D eigenvalue weighted by Gasteiger charge is 2.12. The first-order valence-corrected chi connectivity index (χ1v) is 5.36. The van der Waals surface area contributed by atoms with Crippen LogP contribution in [0.25, 0.3) is 10.6 Å². The van der Waals surface area contributed by atoms with Crippen LogP contribution in [0.1, 0.15) is 16.9 Å². The van der Waals surface area contributed by atoms with E-state index in [2.05, 4.69) is 11.1 Å². The van der Waals surface area contributed by atoms with Gasteiger partial charge >= 0.3 is 0 Å². The Morgan fingerprint density at radius 3 is 2.59 bits per heavy atom. The molecule has 2 aromatic heterocycles. The molecule has 0 spiro atoms. The van der Waals surface area contributed by atoms with Gasteiger partial charge in [0.25, 0.3) is 0 Å². The van der Waals surface area contributed by atoms with E-state index in [1.165, 1.54) is 0 Å². The van der Waals surface area contributed by atoms with Crippen molar-refractivity contribution in [2.75, 3.05) is 0 Å². The summed E-state index contributed by atoms with van der Waals surface area (Å²) in [4.78, 5) is 3.91. The molecule has 0 bridgehead atoms. The number of aromatic nitrogens is 1. The van der Waals surface area contributed by atoms with Crippen molar-refractivity contribution in [1.29, 1.82) is 5.26 Å². The van der Waals surface area contributed by atoms with E-state index in [4.69, 9.17) is 16.0 Å². The maximum Gasteiger partial charge on any atom is 0.109 e. The fraction of sp³-hybridized carbons (Fsp3) is 0.0769. The molecule has 2 rings (SSSR count). The van der Waals surface area contributed by atoms with E-state index in [1.807, 2.05) is 0 Å². The number of aryl methyl sites for hydroxylation is 1. The second-order valence-electron chi connectivity index (χ2n) is 3.43. The fourth-order valence-electron chi connectivity index (χ4n) is 1.51. The molecule has 0 radical (unpaired) electrons. The fourth-order valence-corrected chi connectivity index (χ4v) is 1.85. The van der Waals surface area contributed by atoms with E-state index in [-0.39, 0.29) is 0 Å². The van der Waals surface area contributed by atoms with Crippen LogP contribution in [0.4, 0.5) is 0 Å². The Bertz CT molecular complexity index is 593. The quantitative estimate of drug-likeness (QED) is 0.758. The van der Waals surface area contributed by atoms with E-state index in [0.29, 0.717) is 16.4 Å². The molecule has 0 amide bonds. The number of rotatable bonds is 2. The minimum absolute atomic E-state index is 0.393. The molecule has 4 heteroatoms. The number of allylic oxidation sites excluding steroid dienone is 1. The molecule has 0 saturated carbocycles. The summed E-state index contributed by atoms with van der Waals surface area (Å²) in [6.45, 7) is 1.80. The Morgan fingerprint density at radius 2 is 2.06 bits per heavy atom. The zero-order valence-electron chi connectivity index (χ0n) is 9.14. The average Bonchev–Trinajstić information content (AvgIpc) is 2.77. The number of pyridine rings is 1. The molecular weight excluding hydrogens is 236 g/mol. The third-order valence-electron chi connectivity index (χ3n) is 2.40. The predicted octanol–water partition coefficient (Wildman–Crippen LogP) is 3.61. The van der Waals surface area contributed by atoms with E-state index in [9.17, 15) is 5.26 Å². The van der Waals surface area contributed by atoms with Gasteiger partial charge in [0.1, 0.15) is 11.8 Å². The first kappa shape index (κ1) is 11.4. The second kappa shape index (κ2) is 4.86. The minimum Gasteiger partial charge on any atom is -0.469 e. The minimum atomic E-state index is 0.393. The Balaban J connectivity index is 2.57. The Kier molecular flexibility index (Phi) is 3.27. The van der Waals surface area contributed by atoms with Crippen molar-refractivity contribution in [2.24, 2.45) is 0 Å². The lowest BCUT2D eigenvalue weighted by Gasteiger charge is -2.02. The normalized spacial score (nSPS) is 11.8. The van der Waals surface area contributed by atoms with Crippen LogP contribution in [0, 0.1) is 18.3 Å². The molecule has 3 nitrogen and oxygen atoms in total. The molecular formula is C13H9ClN2O. The third-order valence-corrected chi connectivity index (χ3v) is 2.79. The summed E-state index contributed by atoms with van der Waals surface area (Å²) >= 11 is 6.23. The topological polar surface area (TPSA) is 49.8 Å². The van der Waals surface area contributed by atoms with Gasteiger partial charge in [0, 0.05) is 18.0 Å². The van der Waals surface area contributed by atoms with Crippen LogP contribution in [0.15, 0.2) is 41.3 Å². The maximum atomic E-state index is 9.20. The van der Waals surface area contributed by atoms with Gasteiger partial charge in [-0.15, -0.1) is 0 Å². The second-order valence-corrected chi connectivity index (χ2v) is 3.81. The van der Waals surface area contributed by atoms with Gasteiger partial charge in [-0.25, -0.2) is 0 Å². The summed E-state index contributed by atoms with van der Waals surface area (Å²) < 4.78 is 5.18. The van der Waals surface area contributed by atoms with Gasteiger partial charge in [0.15, 0.2) is 0 Å². The molecule has 0 atom stereocenters. The zero-order valence-corrected chi connectivity index (χ0v) is 9.90. The van der Waals surface area contributed by atoms with Gasteiger partial charge in [-0.2, -0.15) is 5.26 Å². The smallest absolute Gasteiger partial charge is 0.109 e. The predicted molar refractivity (Wildman–Crippen MR) is 66.0 cm³/mol. The highest BCUT2D eigenvalue weighted by atomic mass is 35.5. The van der Waals surface area contributed by atoms with Gasteiger partial charge in [-0.05, 0) is 30.7 Å². The Morgan fingerprint density at radius 1 is 1.35 bits per heavy atom. The number of halogens is 1. The summed E-state index contributed by atoms with van der Waals surface area (Å²) in [5, 5.41) is 9.59. The van der Waals surface area contributed by atoms with E-state index >= 15 is 0 Å².